The molecule has 4 rings (SSSR count). The van der Waals surface area contributed by atoms with Gasteiger partial charge in [-0.3, -0.25) is 9.78 Å². The summed E-state index contributed by atoms with van der Waals surface area (Å²) in [6.45, 7) is 3.41. The van der Waals surface area contributed by atoms with Gasteiger partial charge in [-0.1, -0.05) is 0 Å². The van der Waals surface area contributed by atoms with Gasteiger partial charge >= 0.3 is 6.18 Å². The fraction of sp³-hybridized carbons (Fsp3) is 0.200. The number of alkyl halides is 3. The number of halogens is 4. The molecule has 3 aromatic heterocycles. The van der Waals surface area contributed by atoms with E-state index in [9.17, 15) is 22.4 Å². The van der Waals surface area contributed by atoms with Crippen LogP contribution < -0.4 is 5.73 Å². The number of carbonyl (C=O) groups is 1. The zero-order valence-electron chi connectivity index (χ0n) is 18.8. The van der Waals surface area contributed by atoms with Gasteiger partial charge in [-0.25, -0.2) is 9.97 Å². The fourth-order valence-corrected chi connectivity index (χ4v) is 3.70. The molecule has 180 valence electrons. The predicted molar refractivity (Wildman–Crippen MR) is 123 cm³/mol. The normalized spacial score (nSPS) is 12.5. The zero-order chi connectivity index (χ0) is 25.3. The Morgan fingerprint density at radius 3 is 2.51 bits per heavy atom. The first kappa shape index (κ1) is 24.1. The Hall–Kier alpha value is -4.08. The van der Waals surface area contributed by atoms with Crippen molar-refractivity contribution >= 4 is 22.6 Å². The molecule has 0 saturated heterocycles. The number of aromatic nitrogens is 3. The Morgan fingerprint density at radius 2 is 1.86 bits per heavy atom. The van der Waals surface area contributed by atoms with Crippen LogP contribution in [0.25, 0.3) is 10.9 Å². The van der Waals surface area contributed by atoms with E-state index in [0.29, 0.717) is 27.8 Å². The highest BCUT2D eigenvalue weighted by Crippen LogP contribution is 2.30. The predicted octanol–water partition coefficient (Wildman–Crippen LogP) is 5.48. The van der Waals surface area contributed by atoms with Crippen LogP contribution in [0.2, 0.25) is 0 Å². The van der Waals surface area contributed by atoms with Crippen LogP contribution in [0.1, 0.15) is 45.7 Å². The number of anilines is 1. The van der Waals surface area contributed by atoms with Crippen LogP contribution in [0.15, 0.2) is 60.9 Å². The summed E-state index contributed by atoms with van der Waals surface area (Å²) >= 11 is 0. The molecule has 0 fully saturated rings. The SMILES string of the molecule is Cc1cc2cc(C(=O)N(Cc3ccc(C(F)(F)F)cn3)C(C)c3ccnc(F)c3)ccc2nc1N. The molecule has 1 amide bonds. The van der Waals surface area contributed by atoms with Gasteiger partial charge in [-0.05, 0) is 73.5 Å². The summed E-state index contributed by atoms with van der Waals surface area (Å²) in [4.78, 5) is 26.8. The van der Waals surface area contributed by atoms with Crippen LogP contribution in [0, 0.1) is 12.9 Å². The molecular formula is C25H21F4N5O. The molecule has 0 aliphatic rings. The van der Waals surface area contributed by atoms with E-state index in [2.05, 4.69) is 15.0 Å². The Morgan fingerprint density at radius 1 is 1.09 bits per heavy atom. The molecule has 0 radical (unpaired) electrons. The topological polar surface area (TPSA) is 85.0 Å². The number of nitrogens with two attached hydrogens (primary N) is 1. The highest BCUT2D eigenvalue weighted by Gasteiger charge is 2.31. The molecule has 0 bridgehead atoms. The summed E-state index contributed by atoms with van der Waals surface area (Å²) in [7, 11) is 0. The molecule has 2 N–H and O–H groups in total. The van der Waals surface area contributed by atoms with Gasteiger partial charge in [-0.2, -0.15) is 17.6 Å². The van der Waals surface area contributed by atoms with Crippen molar-refractivity contribution < 1.29 is 22.4 Å². The van der Waals surface area contributed by atoms with E-state index in [1.807, 2.05) is 6.07 Å². The molecule has 1 unspecified atom stereocenters. The summed E-state index contributed by atoms with van der Waals surface area (Å²) in [6, 6.07) is 11.0. The molecule has 6 nitrogen and oxygen atoms in total. The molecule has 1 aromatic carbocycles. The molecule has 0 aliphatic carbocycles. The lowest BCUT2D eigenvalue weighted by molar-refractivity contribution is -0.137. The first-order valence-electron chi connectivity index (χ1n) is 10.6. The number of rotatable bonds is 5. The maximum atomic E-state index is 13.8. The fourth-order valence-electron chi connectivity index (χ4n) is 3.70. The zero-order valence-corrected chi connectivity index (χ0v) is 18.8. The molecule has 0 aliphatic heterocycles. The minimum atomic E-state index is -4.52. The van der Waals surface area contributed by atoms with Gasteiger partial charge in [0.2, 0.25) is 5.95 Å². The highest BCUT2D eigenvalue weighted by atomic mass is 19.4. The van der Waals surface area contributed by atoms with Crippen molar-refractivity contribution in [1.29, 1.82) is 0 Å². The van der Waals surface area contributed by atoms with Crippen molar-refractivity contribution in [3.63, 3.8) is 0 Å². The van der Waals surface area contributed by atoms with Crippen molar-refractivity contribution in [3.05, 3.63) is 94.8 Å². The van der Waals surface area contributed by atoms with Gasteiger partial charge in [0.05, 0.1) is 29.4 Å². The van der Waals surface area contributed by atoms with E-state index in [1.54, 1.807) is 38.1 Å². The Labute approximate surface area is 198 Å². The lowest BCUT2D eigenvalue weighted by Gasteiger charge is -2.30. The number of aryl methyl sites for hydroxylation is 1. The first-order chi connectivity index (χ1) is 16.5. The summed E-state index contributed by atoms with van der Waals surface area (Å²) < 4.78 is 52.6. The third-order valence-electron chi connectivity index (χ3n) is 5.74. The summed E-state index contributed by atoms with van der Waals surface area (Å²) in [5.41, 5.74) is 7.41. The molecular weight excluding hydrogens is 462 g/mol. The van der Waals surface area contributed by atoms with Crippen molar-refractivity contribution in [1.82, 2.24) is 19.9 Å². The van der Waals surface area contributed by atoms with E-state index in [4.69, 9.17) is 5.73 Å². The molecule has 4 aromatic rings. The number of benzene rings is 1. The van der Waals surface area contributed by atoms with Crippen molar-refractivity contribution in [3.8, 4) is 0 Å². The van der Waals surface area contributed by atoms with E-state index in [0.717, 1.165) is 17.8 Å². The van der Waals surface area contributed by atoms with Crippen LogP contribution in [0.5, 0.6) is 0 Å². The van der Waals surface area contributed by atoms with E-state index < -0.39 is 29.6 Å². The number of pyridine rings is 3. The number of nitrogen functional groups attached to an aromatic ring is 1. The quantitative estimate of drug-likeness (QED) is 0.300. The Kier molecular flexibility index (Phi) is 6.38. The van der Waals surface area contributed by atoms with Crippen LogP contribution in [0.4, 0.5) is 23.4 Å². The van der Waals surface area contributed by atoms with Gasteiger partial charge in [-0.15, -0.1) is 0 Å². The third kappa shape index (κ3) is 5.21. The molecule has 0 saturated carbocycles. The largest absolute Gasteiger partial charge is 0.417 e. The number of nitrogens with zero attached hydrogens (tertiary/aromatic N) is 4. The lowest BCUT2D eigenvalue weighted by Crippen LogP contribution is -2.33. The number of hydrogen-bond donors (Lipinski definition) is 1. The van der Waals surface area contributed by atoms with Gasteiger partial charge < -0.3 is 10.6 Å². The minimum Gasteiger partial charge on any atom is -0.383 e. The van der Waals surface area contributed by atoms with Crippen molar-refractivity contribution in [2.45, 2.75) is 32.6 Å². The molecule has 1 atom stereocenters. The van der Waals surface area contributed by atoms with Crippen LogP contribution in [0.3, 0.4) is 0 Å². The summed E-state index contributed by atoms with van der Waals surface area (Å²) in [5.74, 6) is -0.730. The highest BCUT2D eigenvalue weighted by molar-refractivity contribution is 5.98. The third-order valence-corrected chi connectivity index (χ3v) is 5.74. The average Bonchev–Trinajstić information content (AvgIpc) is 2.82. The number of carbonyl (C=O) groups excluding carboxylic acids is 1. The standard InChI is InChI=1S/C25H21F4N5O/c1-14-9-18-10-17(3-6-21(18)33-23(14)30)24(35)34(15(2)16-7-8-31-22(26)11-16)13-20-5-4-19(12-32-20)25(27,28)29/h3-12,15H,13H2,1-2H3,(H2,30,33). The average molecular weight is 483 g/mol. The van der Waals surface area contributed by atoms with Crippen molar-refractivity contribution in [2.24, 2.45) is 0 Å². The summed E-state index contributed by atoms with van der Waals surface area (Å²) in [5, 5.41) is 0.706. The van der Waals surface area contributed by atoms with Gasteiger partial charge in [0.25, 0.3) is 5.91 Å². The number of fused-ring (bicyclic) bond motifs is 1. The second kappa shape index (κ2) is 9.28. The molecule has 35 heavy (non-hydrogen) atoms. The van der Waals surface area contributed by atoms with Gasteiger partial charge in [0, 0.05) is 23.3 Å². The smallest absolute Gasteiger partial charge is 0.383 e. The molecule has 3 heterocycles. The van der Waals surface area contributed by atoms with Crippen LogP contribution in [-0.2, 0) is 12.7 Å². The maximum Gasteiger partial charge on any atom is 0.417 e. The monoisotopic (exact) mass is 483 g/mol. The molecule has 10 heteroatoms. The lowest BCUT2D eigenvalue weighted by atomic mass is 10.0. The summed E-state index contributed by atoms with van der Waals surface area (Å²) in [6.07, 6.45) is -2.51. The van der Waals surface area contributed by atoms with Crippen LogP contribution >= 0.6 is 0 Å². The van der Waals surface area contributed by atoms with Gasteiger partial charge in [0.15, 0.2) is 0 Å². The minimum absolute atomic E-state index is 0.0981. The second-order valence-electron chi connectivity index (χ2n) is 8.15. The van der Waals surface area contributed by atoms with E-state index in [1.165, 1.54) is 23.2 Å². The van der Waals surface area contributed by atoms with Crippen LogP contribution in [-0.4, -0.2) is 25.8 Å². The number of hydrogen-bond acceptors (Lipinski definition) is 5. The number of amides is 1. The molecule has 0 spiro atoms. The first-order valence-corrected chi connectivity index (χ1v) is 10.6. The van der Waals surface area contributed by atoms with E-state index in [-0.39, 0.29) is 12.2 Å². The maximum absolute atomic E-state index is 13.8. The van der Waals surface area contributed by atoms with Crippen molar-refractivity contribution in [2.75, 3.05) is 5.73 Å². The Bertz CT molecular complexity index is 1390. The Balaban J connectivity index is 1.72. The van der Waals surface area contributed by atoms with E-state index >= 15 is 0 Å². The van der Waals surface area contributed by atoms with Gasteiger partial charge in [0.1, 0.15) is 5.82 Å². The second-order valence-corrected chi connectivity index (χ2v) is 8.15.